The van der Waals surface area contributed by atoms with E-state index in [9.17, 15) is 4.79 Å². The molecule has 1 fully saturated rings. The summed E-state index contributed by atoms with van der Waals surface area (Å²) in [6, 6.07) is 2.19. The normalized spacial score (nSPS) is 23.6. The molecule has 2 aromatic heterocycles. The molecule has 2 heterocycles. The first-order valence-corrected chi connectivity index (χ1v) is 8.60. The smallest absolute Gasteiger partial charge is 0.272 e. The predicted octanol–water partition coefficient (Wildman–Crippen LogP) is 4.51. The molecule has 0 aliphatic heterocycles. The van der Waals surface area contributed by atoms with Gasteiger partial charge in [0.2, 0.25) is 0 Å². The van der Waals surface area contributed by atoms with Crippen molar-refractivity contribution in [1.82, 2.24) is 9.55 Å². The second-order valence-electron chi connectivity index (χ2n) is 6.03. The summed E-state index contributed by atoms with van der Waals surface area (Å²) in [5, 5.41) is 1.95. The molecule has 3 rings (SSSR count). The molecule has 0 spiro atoms. The lowest BCUT2D eigenvalue weighted by atomic mass is 9.77. The Bertz CT molecular complexity index is 725. The first-order chi connectivity index (χ1) is 9.59. The van der Waals surface area contributed by atoms with Crippen LogP contribution in [0.4, 0.5) is 0 Å². The number of fused-ring (bicyclic) bond motifs is 1. The molecule has 1 aliphatic rings. The van der Waals surface area contributed by atoms with Gasteiger partial charge in [-0.15, -0.1) is 11.3 Å². The summed E-state index contributed by atoms with van der Waals surface area (Å²) in [4.78, 5) is 16.0. The highest BCUT2D eigenvalue weighted by Crippen LogP contribution is 2.38. The maximum Gasteiger partial charge on any atom is 0.272 e. The van der Waals surface area contributed by atoms with Gasteiger partial charge in [0.25, 0.3) is 5.56 Å². The first-order valence-electron chi connectivity index (χ1n) is 7.31. The first kappa shape index (κ1) is 14.0. The van der Waals surface area contributed by atoms with Crippen LogP contribution >= 0.6 is 23.6 Å². The van der Waals surface area contributed by atoms with E-state index in [1.807, 2.05) is 16.0 Å². The van der Waals surface area contributed by atoms with Crippen LogP contribution in [0.1, 0.15) is 45.6 Å². The minimum atomic E-state index is 0.0938. The van der Waals surface area contributed by atoms with E-state index in [1.54, 1.807) is 0 Å². The molecule has 1 saturated carbocycles. The molecule has 20 heavy (non-hydrogen) atoms. The summed E-state index contributed by atoms with van der Waals surface area (Å²) < 4.78 is 3.24. The highest BCUT2D eigenvalue weighted by molar-refractivity contribution is 7.71. The van der Waals surface area contributed by atoms with Gasteiger partial charge in [-0.25, -0.2) is 0 Å². The Labute approximate surface area is 127 Å². The lowest BCUT2D eigenvalue weighted by Crippen LogP contribution is -2.34. The zero-order valence-electron chi connectivity index (χ0n) is 11.9. The lowest BCUT2D eigenvalue weighted by molar-refractivity contribution is 0.179. The molecule has 5 heteroatoms. The number of aromatic nitrogens is 2. The standard InChI is InChI=1S/C15H20N2OS2/c1-9(2)10-5-3-4-6-12(10)17-14(18)13-11(7-8-20-13)16-15(17)19/h7-10,12H,3-6H2,1-2H3,(H,16,19). The van der Waals surface area contributed by atoms with Crippen molar-refractivity contribution in [2.45, 2.75) is 45.6 Å². The number of hydrogen-bond donors (Lipinski definition) is 1. The number of nitrogens with one attached hydrogen (secondary N) is 1. The van der Waals surface area contributed by atoms with Gasteiger partial charge in [-0.05, 0) is 48.3 Å². The third-order valence-electron chi connectivity index (χ3n) is 4.51. The molecule has 0 amide bonds. The molecule has 2 atom stereocenters. The van der Waals surface area contributed by atoms with Gasteiger partial charge < -0.3 is 4.98 Å². The predicted molar refractivity (Wildman–Crippen MR) is 87.1 cm³/mol. The van der Waals surface area contributed by atoms with Crippen molar-refractivity contribution in [1.29, 1.82) is 0 Å². The highest BCUT2D eigenvalue weighted by atomic mass is 32.1. The molecule has 1 aliphatic carbocycles. The van der Waals surface area contributed by atoms with Gasteiger partial charge in [0.05, 0.1) is 5.52 Å². The summed E-state index contributed by atoms with van der Waals surface area (Å²) in [6.07, 6.45) is 4.73. The van der Waals surface area contributed by atoms with Gasteiger partial charge in [0, 0.05) is 6.04 Å². The molecule has 2 unspecified atom stereocenters. The van der Waals surface area contributed by atoms with Crippen LogP contribution in [-0.2, 0) is 0 Å². The van der Waals surface area contributed by atoms with Crippen LogP contribution in [0.15, 0.2) is 16.2 Å². The summed E-state index contributed by atoms with van der Waals surface area (Å²) >= 11 is 6.96. The third-order valence-corrected chi connectivity index (χ3v) is 5.71. The molecule has 0 bridgehead atoms. The number of nitrogens with zero attached hydrogens (tertiary/aromatic N) is 1. The zero-order valence-corrected chi connectivity index (χ0v) is 13.5. The van der Waals surface area contributed by atoms with Crippen molar-refractivity contribution in [3.05, 3.63) is 26.6 Å². The van der Waals surface area contributed by atoms with Gasteiger partial charge in [0.15, 0.2) is 4.77 Å². The topological polar surface area (TPSA) is 37.8 Å². The Morgan fingerprint density at radius 3 is 2.90 bits per heavy atom. The molecule has 0 radical (unpaired) electrons. The van der Waals surface area contributed by atoms with E-state index in [0.29, 0.717) is 16.6 Å². The van der Waals surface area contributed by atoms with Gasteiger partial charge in [-0.2, -0.15) is 0 Å². The summed E-state index contributed by atoms with van der Waals surface area (Å²) in [5.74, 6) is 1.13. The van der Waals surface area contributed by atoms with Crippen LogP contribution in [0.3, 0.4) is 0 Å². The Kier molecular flexibility index (Phi) is 3.82. The average molecular weight is 308 g/mol. The van der Waals surface area contributed by atoms with Crippen LogP contribution in [0.25, 0.3) is 10.2 Å². The minimum Gasteiger partial charge on any atom is -0.331 e. The highest BCUT2D eigenvalue weighted by Gasteiger charge is 2.30. The van der Waals surface area contributed by atoms with Gasteiger partial charge in [-0.1, -0.05) is 26.7 Å². The van der Waals surface area contributed by atoms with E-state index in [-0.39, 0.29) is 11.6 Å². The van der Waals surface area contributed by atoms with Crippen LogP contribution in [-0.4, -0.2) is 9.55 Å². The van der Waals surface area contributed by atoms with E-state index < -0.39 is 0 Å². The van der Waals surface area contributed by atoms with E-state index in [2.05, 4.69) is 18.8 Å². The average Bonchev–Trinajstić information content (AvgIpc) is 2.87. The van der Waals surface area contributed by atoms with Crippen molar-refractivity contribution < 1.29 is 0 Å². The Morgan fingerprint density at radius 1 is 1.40 bits per heavy atom. The summed E-state index contributed by atoms with van der Waals surface area (Å²) in [6.45, 7) is 4.51. The van der Waals surface area contributed by atoms with Crippen molar-refractivity contribution in [2.75, 3.05) is 0 Å². The number of H-pyrrole nitrogens is 1. The van der Waals surface area contributed by atoms with E-state index in [4.69, 9.17) is 12.2 Å². The van der Waals surface area contributed by atoms with Crippen molar-refractivity contribution in [3.8, 4) is 0 Å². The third kappa shape index (κ3) is 2.27. The maximum absolute atomic E-state index is 12.8. The molecule has 3 nitrogen and oxygen atoms in total. The number of hydrogen-bond acceptors (Lipinski definition) is 3. The second kappa shape index (κ2) is 5.45. The van der Waals surface area contributed by atoms with Crippen LogP contribution in [0, 0.1) is 16.6 Å². The number of rotatable bonds is 2. The van der Waals surface area contributed by atoms with Crippen molar-refractivity contribution >= 4 is 33.8 Å². The number of thiophene rings is 1. The fourth-order valence-corrected chi connectivity index (χ4v) is 4.60. The Morgan fingerprint density at radius 2 is 2.15 bits per heavy atom. The second-order valence-corrected chi connectivity index (χ2v) is 7.33. The van der Waals surface area contributed by atoms with Gasteiger partial charge in [0.1, 0.15) is 4.70 Å². The van der Waals surface area contributed by atoms with Crippen molar-refractivity contribution in [2.24, 2.45) is 11.8 Å². The number of aromatic amines is 1. The molecule has 1 N–H and O–H groups in total. The SMILES string of the molecule is CC(C)C1CCCCC1n1c(=S)[nH]c2ccsc2c1=O. The molecule has 0 aromatic carbocycles. The van der Waals surface area contributed by atoms with E-state index in [0.717, 1.165) is 16.6 Å². The molecule has 0 saturated heterocycles. The van der Waals surface area contributed by atoms with Crippen LogP contribution in [0.5, 0.6) is 0 Å². The largest absolute Gasteiger partial charge is 0.331 e. The van der Waals surface area contributed by atoms with Crippen LogP contribution < -0.4 is 5.56 Å². The Hall–Kier alpha value is -0.940. The molecular formula is C15H20N2OS2. The molecule has 2 aromatic rings. The molecule has 108 valence electrons. The fraction of sp³-hybridized carbons (Fsp3) is 0.600. The molecular weight excluding hydrogens is 288 g/mol. The Balaban J connectivity index is 2.17. The van der Waals surface area contributed by atoms with Crippen LogP contribution in [0.2, 0.25) is 0 Å². The van der Waals surface area contributed by atoms with E-state index >= 15 is 0 Å². The minimum absolute atomic E-state index is 0.0938. The zero-order chi connectivity index (χ0) is 14.3. The lowest BCUT2D eigenvalue weighted by Gasteiger charge is -2.35. The summed E-state index contributed by atoms with van der Waals surface area (Å²) in [7, 11) is 0. The quantitative estimate of drug-likeness (QED) is 0.829. The monoisotopic (exact) mass is 308 g/mol. The fourth-order valence-electron chi connectivity index (χ4n) is 3.49. The van der Waals surface area contributed by atoms with Crippen molar-refractivity contribution in [3.63, 3.8) is 0 Å². The summed E-state index contributed by atoms with van der Waals surface area (Å²) in [5.41, 5.74) is 0.967. The maximum atomic E-state index is 12.8. The van der Waals surface area contributed by atoms with Gasteiger partial charge in [-0.3, -0.25) is 9.36 Å². The van der Waals surface area contributed by atoms with E-state index in [1.165, 1.54) is 30.6 Å². The van der Waals surface area contributed by atoms with Gasteiger partial charge >= 0.3 is 0 Å².